The summed E-state index contributed by atoms with van der Waals surface area (Å²) < 4.78 is 5.97. The minimum Gasteiger partial charge on any atom is -0.453 e. The van der Waals surface area contributed by atoms with Gasteiger partial charge in [0.2, 0.25) is 0 Å². The van der Waals surface area contributed by atoms with Crippen molar-refractivity contribution in [2.45, 2.75) is 0 Å². The van der Waals surface area contributed by atoms with Gasteiger partial charge >= 0.3 is 0 Å². The van der Waals surface area contributed by atoms with Crippen LogP contribution in [-0.4, -0.2) is 24.9 Å². The molecule has 47 heavy (non-hydrogen) atoms. The molecule has 0 N–H and O–H groups in total. The Bertz CT molecular complexity index is 2520. The standard InChI is InChI=1S/C41H25N5O/c1-3-12-26(13-4-1)34-23-35(45-40(44-34)27-14-5-2-6-15-27)29-17-11-16-28(22-29)33-24-42-39(31-19-8-7-18-30(31)33)41-43-25-37-38(46-41)32-20-9-10-21-36(32)47-37/h1-25H. The van der Waals surface area contributed by atoms with Crippen LogP contribution in [0.15, 0.2) is 156 Å². The van der Waals surface area contributed by atoms with Crippen LogP contribution in [0, 0.1) is 0 Å². The molecular formula is C41H25N5O. The fourth-order valence-electron chi connectivity index (χ4n) is 6.14. The zero-order chi connectivity index (χ0) is 31.2. The average molecular weight is 604 g/mol. The Hall–Kier alpha value is -6.53. The van der Waals surface area contributed by atoms with Crippen LogP contribution < -0.4 is 0 Å². The van der Waals surface area contributed by atoms with Crippen molar-refractivity contribution in [3.05, 3.63) is 152 Å². The number of pyridine rings is 1. The first-order valence-corrected chi connectivity index (χ1v) is 15.4. The third-order valence-corrected chi connectivity index (χ3v) is 8.42. The van der Waals surface area contributed by atoms with Crippen molar-refractivity contribution >= 4 is 32.8 Å². The molecule has 0 aliphatic heterocycles. The van der Waals surface area contributed by atoms with Crippen LogP contribution in [0.4, 0.5) is 0 Å². The molecular weight excluding hydrogens is 578 g/mol. The van der Waals surface area contributed by atoms with Crippen molar-refractivity contribution in [2.75, 3.05) is 0 Å². The quantitative estimate of drug-likeness (QED) is 0.195. The Balaban J connectivity index is 1.17. The summed E-state index contributed by atoms with van der Waals surface area (Å²) >= 11 is 0. The van der Waals surface area contributed by atoms with Gasteiger partial charge in [0, 0.05) is 39.2 Å². The molecule has 0 aliphatic carbocycles. The van der Waals surface area contributed by atoms with Gasteiger partial charge in [0.25, 0.3) is 0 Å². The van der Waals surface area contributed by atoms with E-state index in [2.05, 4.69) is 65.6 Å². The molecule has 0 fully saturated rings. The summed E-state index contributed by atoms with van der Waals surface area (Å²) in [4.78, 5) is 24.5. The fourth-order valence-corrected chi connectivity index (χ4v) is 6.14. The van der Waals surface area contributed by atoms with Crippen LogP contribution in [0.2, 0.25) is 0 Å². The number of furan rings is 1. The monoisotopic (exact) mass is 603 g/mol. The van der Waals surface area contributed by atoms with E-state index in [4.69, 9.17) is 24.4 Å². The van der Waals surface area contributed by atoms with Gasteiger partial charge < -0.3 is 4.42 Å². The Kier molecular flexibility index (Phi) is 6.35. The predicted molar refractivity (Wildman–Crippen MR) is 187 cm³/mol. The Morgan fingerprint density at radius 3 is 1.85 bits per heavy atom. The van der Waals surface area contributed by atoms with Gasteiger partial charge in [0.1, 0.15) is 16.8 Å². The molecule has 0 spiro atoms. The predicted octanol–water partition coefficient (Wildman–Crippen LogP) is 10.0. The summed E-state index contributed by atoms with van der Waals surface area (Å²) in [7, 11) is 0. The van der Waals surface area contributed by atoms with Crippen molar-refractivity contribution in [3.8, 4) is 56.5 Å². The van der Waals surface area contributed by atoms with E-state index in [1.165, 1.54) is 0 Å². The number of fused-ring (bicyclic) bond motifs is 4. The summed E-state index contributed by atoms with van der Waals surface area (Å²) in [6.07, 6.45) is 3.66. The number of rotatable bonds is 5. The van der Waals surface area contributed by atoms with Crippen LogP contribution in [0.1, 0.15) is 0 Å². The Morgan fingerprint density at radius 2 is 1.04 bits per heavy atom. The van der Waals surface area contributed by atoms with Crippen LogP contribution in [0.5, 0.6) is 0 Å². The highest BCUT2D eigenvalue weighted by atomic mass is 16.3. The minimum absolute atomic E-state index is 0.559. The molecule has 220 valence electrons. The SMILES string of the molecule is c1ccc(-c2cc(-c3cccc(-c4cnc(-c5ncc6oc7ccccc7c6n5)c5ccccc45)c3)nc(-c3ccccc3)n2)cc1. The van der Waals surface area contributed by atoms with Crippen LogP contribution in [0.25, 0.3) is 89.4 Å². The molecule has 0 saturated carbocycles. The van der Waals surface area contributed by atoms with Gasteiger partial charge in [-0.15, -0.1) is 0 Å². The van der Waals surface area contributed by atoms with Gasteiger partial charge in [-0.3, -0.25) is 4.98 Å². The first-order chi connectivity index (χ1) is 23.3. The second-order valence-electron chi connectivity index (χ2n) is 11.3. The van der Waals surface area contributed by atoms with Crippen molar-refractivity contribution < 1.29 is 4.42 Å². The molecule has 0 bridgehead atoms. The maximum absolute atomic E-state index is 5.97. The second-order valence-corrected chi connectivity index (χ2v) is 11.3. The van der Waals surface area contributed by atoms with Gasteiger partial charge in [-0.05, 0) is 35.2 Å². The van der Waals surface area contributed by atoms with Crippen LogP contribution >= 0.6 is 0 Å². The van der Waals surface area contributed by atoms with Crippen molar-refractivity contribution in [2.24, 2.45) is 0 Å². The maximum Gasteiger partial charge on any atom is 0.179 e. The van der Waals surface area contributed by atoms with E-state index in [9.17, 15) is 0 Å². The average Bonchev–Trinajstić information content (AvgIpc) is 3.53. The van der Waals surface area contributed by atoms with E-state index in [1.807, 2.05) is 85.1 Å². The number of hydrogen-bond acceptors (Lipinski definition) is 6. The van der Waals surface area contributed by atoms with Gasteiger partial charge in [-0.25, -0.2) is 19.9 Å². The molecule has 0 amide bonds. The van der Waals surface area contributed by atoms with Crippen LogP contribution in [0.3, 0.4) is 0 Å². The first-order valence-electron chi connectivity index (χ1n) is 15.4. The van der Waals surface area contributed by atoms with Crippen molar-refractivity contribution in [1.29, 1.82) is 0 Å². The van der Waals surface area contributed by atoms with Gasteiger partial charge in [0.15, 0.2) is 17.2 Å². The number of nitrogens with zero attached hydrogens (tertiary/aromatic N) is 5. The second kappa shape index (κ2) is 11.1. The molecule has 9 rings (SSSR count). The van der Waals surface area contributed by atoms with Gasteiger partial charge in [-0.1, -0.05) is 115 Å². The van der Waals surface area contributed by atoms with Gasteiger partial charge in [0.05, 0.1) is 17.6 Å². The van der Waals surface area contributed by atoms with E-state index in [1.54, 1.807) is 6.20 Å². The molecule has 6 heteroatoms. The Labute approximate surface area is 270 Å². The van der Waals surface area contributed by atoms with Crippen LogP contribution in [-0.2, 0) is 0 Å². The molecule has 6 nitrogen and oxygen atoms in total. The highest BCUT2D eigenvalue weighted by Gasteiger charge is 2.17. The number of benzene rings is 5. The smallest absolute Gasteiger partial charge is 0.179 e. The number of hydrogen-bond donors (Lipinski definition) is 0. The lowest BCUT2D eigenvalue weighted by atomic mass is 9.96. The lowest BCUT2D eigenvalue weighted by Crippen LogP contribution is -1.96. The molecule has 0 radical (unpaired) electrons. The fraction of sp³-hybridized carbons (Fsp3) is 0. The Morgan fingerprint density at radius 1 is 0.404 bits per heavy atom. The molecule has 0 atom stereocenters. The summed E-state index contributed by atoms with van der Waals surface area (Å²) in [5, 5.41) is 3.00. The topological polar surface area (TPSA) is 77.6 Å². The summed E-state index contributed by atoms with van der Waals surface area (Å²) in [5.74, 6) is 1.25. The van der Waals surface area contributed by atoms with Gasteiger partial charge in [-0.2, -0.15) is 0 Å². The lowest BCUT2D eigenvalue weighted by molar-refractivity contribution is 0.666. The number of aromatic nitrogens is 5. The number of para-hydroxylation sites is 1. The third kappa shape index (κ3) is 4.80. The van der Waals surface area contributed by atoms with E-state index in [0.717, 1.165) is 72.2 Å². The highest BCUT2D eigenvalue weighted by molar-refractivity contribution is 6.05. The zero-order valence-electron chi connectivity index (χ0n) is 25.1. The largest absolute Gasteiger partial charge is 0.453 e. The summed E-state index contributed by atoms with van der Waals surface area (Å²) in [6, 6.07) is 47.0. The van der Waals surface area contributed by atoms with Crippen molar-refractivity contribution in [3.63, 3.8) is 0 Å². The van der Waals surface area contributed by atoms with E-state index in [0.29, 0.717) is 17.2 Å². The molecule has 9 aromatic rings. The van der Waals surface area contributed by atoms with E-state index < -0.39 is 0 Å². The highest BCUT2D eigenvalue weighted by Crippen LogP contribution is 2.36. The minimum atomic E-state index is 0.559. The summed E-state index contributed by atoms with van der Waals surface area (Å²) in [5.41, 5.74) is 9.73. The zero-order valence-corrected chi connectivity index (χ0v) is 25.1. The normalized spacial score (nSPS) is 11.4. The third-order valence-electron chi connectivity index (χ3n) is 8.42. The lowest BCUT2D eigenvalue weighted by Gasteiger charge is -2.12. The molecule has 4 heterocycles. The van der Waals surface area contributed by atoms with E-state index in [-0.39, 0.29) is 0 Å². The van der Waals surface area contributed by atoms with Crippen molar-refractivity contribution in [1.82, 2.24) is 24.9 Å². The summed E-state index contributed by atoms with van der Waals surface area (Å²) in [6.45, 7) is 0. The molecule has 0 unspecified atom stereocenters. The molecule has 0 saturated heterocycles. The van der Waals surface area contributed by atoms with E-state index >= 15 is 0 Å². The first kappa shape index (κ1) is 26.8. The molecule has 0 aliphatic rings. The molecule has 4 aromatic heterocycles. The maximum atomic E-state index is 5.97. The molecule has 5 aromatic carbocycles.